The molecule has 0 aliphatic rings. The lowest BCUT2D eigenvalue weighted by Gasteiger charge is -2.05. The van der Waals surface area contributed by atoms with Crippen LogP contribution in [0.3, 0.4) is 0 Å². The lowest BCUT2D eigenvalue weighted by molar-refractivity contribution is 0.112. The number of carbonyl (C=O) groups is 1. The molecule has 0 saturated carbocycles. The summed E-state index contributed by atoms with van der Waals surface area (Å²) in [6, 6.07) is 0. The number of carbonyl (C=O) groups excluding carboxylic acids is 1. The highest BCUT2D eigenvalue weighted by atomic mass is 32.2. The SMILES string of the molecule is Cc1c(C=O)c(C)n(S(C)(=O)=O)c1C. The number of nitrogens with zero attached hydrogens (tertiary/aromatic N) is 1. The van der Waals surface area contributed by atoms with Crippen molar-refractivity contribution in [2.75, 3.05) is 6.26 Å². The highest BCUT2D eigenvalue weighted by Gasteiger charge is 2.19. The van der Waals surface area contributed by atoms with E-state index in [1.54, 1.807) is 20.8 Å². The maximum Gasteiger partial charge on any atom is 0.236 e. The van der Waals surface area contributed by atoms with E-state index >= 15 is 0 Å². The average Bonchev–Trinajstić information content (AvgIpc) is 2.22. The first kappa shape index (κ1) is 11.0. The van der Waals surface area contributed by atoms with Crippen molar-refractivity contribution in [3.63, 3.8) is 0 Å². The summed E-state index contributed by atoms with van der Waals surface area (Å²) in [7, 11) is -3.32. The van der Waals surface area contributed by atoms with Gasteiger partial charge in [-0.1, -0.05) is 0 Å². The summed E-state index contributed by atoms with van der Waals surface area (Å²) in [6.45, 7) is 5.06. The monoisotopic (exact) mass is 215 g/mol. The molecule has 0 radical (unpaired) electrons. The Bertz CT molecular complexity index is 483. The van der Waals surface area contributed by atoms with E-state index < -0.39 is 10.0 Å². The minimum absolute atomic E-state index is 0.466. The van der Waals surface area contributed by atoms with Gasteiger partial charge in [-0.25, -0.2) is 12.4 Å². The molecular weight excluding hydrogens is 202 g/mol. The number of aldehydes is 1. The largest absolute Gasteiger partial charge is 0.298 e. The first-order chi connectivity index (χ1) is 6.30. The van der Waals surface area contributed by atoms with Gasteiger partial charge in [0.15, 0.2) is 6.29 Å². The molecule has 0 bridgehead atoms. The second-order valence-corrected chi connectivity index (χ2v) is 5.19. The standard InChI is InChI=1S/C9H13NO3S/c1-6-7(2)10(14(4,12)13)8(3)9(6)5-11/h5H,1-4H3. The van der Waals surface area contributed by atoms with Crippen LogP contribution in [-0.2, 0) is 10.0 Å². The topological polar surface area (TPSA) is 56.1 Å². The second kappa shape index (κ2) is 3.24. The first-order valence-electron chi connectivity index (χ1n) is 4.15. The predicted octanol–water partition coefficient (Wildman–Crippen LogP) is 1.03. The molecule has 0 aromatic carbocycles. The van der Waals surface area contributed by atoms with Gasteiger partial charge in [-0.2, -0.15) is 0 Å². The quantitative estimate of drug-likeness (QED) is 0.692. The van der Waals surface area contributed by atoms with E-state index in [0.29, 0.717) is 23.2 Å². The molecule has 0 saturated heterocycles. The molecule has 0 atom stereocenters. The van der Waals surface area contributed by atoms with Gasteiger partial charge in [0.25, 0.3) is 0 Å². The lowest BCUT2D eigenvalue weighted by Crippen LogP contribution is -2.13. The summed E-state index contributed by atoms with van der Waals surface area (Å²) >= 11 is 0. The normalized spacial score (nSPS) is 11.7. The molecule has 14 heavy (non-hydrogen) atoms. The Balaban J connectivity index is 3.71. The molecule has 0 fully saturated rings. The number of rotatable bonds is 2. The molecule has 0 aliphatic heterocycles. The molecule has 1 rings (SSSR count). The third-order valence-corrected chi connectivity index (χ3v) is 3.61. The molecule has 0 spiro atoms. The zero-order valence-corrected chi connectivity index (χ0v) is 9.47. The fourth-order valence-electron chi connectivity index (χ4n) is 1.65. The fourth-order valence-corrected chi connectivity index (χ4v) is 2.88. The molecule has 0 unspecified atom stereocenters. The van der Waals surface area contributed by atoms with Crippen LogP contribution in [0.25, 0.3) is 0 Å². The molecule has 4 nitrogen and oxygen atoms in total. The summed E-state index contributed by atoms with van der Waals surface area (Å²) in [5.41, 5.74) is 2.28. The molecule has 1 aromatic heterocycles. The molecule has 1 aromatic rings. The Hall–Kier alpha value is -1.10. The molecule has 5 heteroatoms. The van der Waals surface area contributed by atoms with Crippen LogP contribution in [0.4, 0.5) is 0 Å². The van der Waals surface area contributed by atoms with E-state index in [0.717, 1.165) is 11.8 Å². The van der Waals surface area contributed by atoms with Crippen LogP contribution in [0, 0.1) is 20.8 Å². The Kier molecular flexibility index (Phi) is 2.54. The predicted molar refractivity (Wildman–Crippen MR) is 54.3 cm³/mol. The molecular formula is C9H13NO3S. The van der Waals surface area contributed by atoms with Crippen molar-refractivity contribution in [1.82, 2.24) is 3.97 Å². The first-order valence-corrected chi connectivity index (χ1v) is 5.99. The summed E-state index contributed by atoms with van der Waals surface area (Å²) < 4.78 is 24.0. The van der Waals surface area contributed by atoms with E-state index in [1.165, 1.54) is 3.97 Å². The van der Waals surface area contributed by atoms with Crippen LogP contribution in [0.1, 0.15) is 27.3 Å². The zero-order valence-electron chi connectivity index (χ0n) is 8.66. The molecule has 0 amide bonds. The highest BCUT2D eigenvalue weighted by molar-refractivity contribution is 7.89. The summed E-state index contributed by atoms with van der Waals surface area (Å²) in [4.78, 5) is 10.7. The van der Waals surface area contributed by atoms with Crippen molar-refractivity contribution in [1.29, 1.82) is 0 Å². The third-order valence-electron chi connectivity index (χ3n) is 2.40. The molecule has 0 N–H and O–H groups in total. The number of aromatic nitrogens is 1. The van der Waals surface area contributed by atoms with Crippen molar-refractivity contribution in [2.45, 2.75) is 20.8 Å². The lowest BCUT2D eigenvalue weighted by atomic mass is 10.1. The second-order valence-electron chi connectivity index (χ2n) is 3.35. The van der Waals surface area contributed by atoms with E-state index in [9.17, 15) is 13.2 Å². The van der Waals surface area contributed by atoms with Gasteiger partial charge >= 0.3 is 0 Å². The van der Waals surface area contributed by atoms with Crippen molar-refractivity contribution < 1.29 is 13.2 Å². The number of hydrogen-bond acceptors (Lipinski definition) is 3. The van der Waals surface area contributed by atoms with Gasteiger partial charge in [0, 0.05) is 17.0 Å². The van der Waals surface area contributed by atoms with Gasteiger partial charge in [0.2, 0.25) is 10.0 Å². The van der Waals surface area contributed by atoms with Crippen LogP contribution < -0.4 is 0 Å². The van der Waals surface area contributed by atoms with E-state index in [-0.39, 0.29) is 0 Å². The van der Waals surface area contributed by atoms with Gasteiger partial charge < -0.3 is 0 Å². The minimum Gasteiger partial charge on any atom is -0.298 e. The van der Waals surface area contributed by atoms with Crippen LogP contribution >= 0.6 is 0 Å². The summed E-state index contributed by atoms with van der Waals surface area (Å²) in [6.07, 6.45) is 1.82. The van der Waals surface area contributed by atoms with Crippen LogP contribution in [-0.4, -0.2) is 24.9 Å². The zero-order chi connectivity index (χ0) is 11.1. The van der Waals surface area contributed by atoms with Crippen LogP contribution in [0.2, 0.25) is 0 Å². The Morgan fingerprint density at radius 1 is 1.14 bits per heavy atom. The maximum absolute atomic E-state index is 11.4. The van der Waals surface area contributed by atoms with Crippen LogP contribution in [0.15, 0.2) is 0 Å². The smallest absolute Gasteiger partial charge is 0.236 e. The summed E-state index contributed by atoms with van der Waals surface area (Å²) in [5, 5.41) is 0. The van der Waals surface area contributed by atoms with Crippen LogP contribution in [0.5, 0.6) is 0 Å². The highest BCUT2D eigenvalue weighted by Crippen LogP contribution is 2.21. The third kappa shape index (κ3) is 1.48. The Labute approximate surface area is 83.6 Å². The van der Waals surface area contributed by atoms with Gasteiger partial charge in [0.1, 0.15) is 0 Å². The van der Waals surface area contributed by atoms with Crippen molar-refractivity contribution in [3.8, 4) is 0 Å². The molecule has 1 heterocycles. The molecule has 78 valence electrons. The van der Waals surface area contributed by atoms with Gasteiger partial charge in [-0.15, -0.1) is 0 Å². The summed E-state index contributed by atoms with van der Waals surface area (Å²) in [5.74, 6) is 0. The Morgan fingerprint density at radius 3 is 1.86 bits per heavy atom. The van der Waals surface area contributed by atoms with Crippen molar-refractivity contribution >= 4 is 16.3 Å². The molecule has 0 aliphatic carbocycles. The van der Waals surface area contributed by atoms with Crippen molar-refractivity contribution in [2.24, 2.45) is 0 Å². The number of hydrogen-bond donors (Lipinski definition) is 0. The minimum atomic E-state index is -3.32. The van der Waals surface area contributed by atoms with Gasteiger partial charge in [0.05, 0.1) is 6.26 Å². The van der Waals surface area contributed by atoms with E-state index in [1.807, 2.05) is 0 Å². The van der Waals surface area contributed by atoms with Gasteiger partial charge in [-0.3, -0.25) is 4.79 Å². The fraction of sp³-hybridized carbons (Fsp3) is 0.444. The van der Waals surface area contributed by atoms with E-state index in [2.05, 4.69) is 0 Å². The van der Waals surface area contributed by atoms with Crippen molar-refractivity contribution in [3.05, 3.63) is 22.5 Å². The van der Waals surface area contributed by atoms with E-state index in [4.69, 9.17) is 0 Å². The average molecular weight is 215 g/mol. The Morgan fingerprint density at radius 2 is 1.64 bits per heavy atom. The maximum atomic E-state index is 11.4. The van der Waals surface area contributed by atoms with Gasteiger partial charge in [-0.05, 0) is 26.3 Å².